The molecule has 1 fully saturated rings. The Labute approximate surface area is 135 Å². The summed E-state index contributed by atoms with van der Waals surface area (Å²) in [4.78, 5) is 28.3. The maximum Gasteiger partial charge on any atom is 0.315 e. The van der Waals surface area contributed by atoms with Crippen molar-refractivity contribution in [2.45, 2.75) is 20.4 Å². The lowest BCUT2D eigenvalue weighted by Gasteiger charge is -2.34. The van der Waals surface area contributed by atoms with E-state index in [-0.39, 0.29) is 11.9 Å². The molecule has 0 spiro atoms. The van der Waals surface area contributed by atoms with Crippen LogP contribution < -0.4 is 10.6 Å². The maximum atomic E-state index is 11.7. The number of carbonyl (C=O) groups excluding carboxylic acids is 2. The molecule has 2 N–H and O–H groups in total. The van der Waals surface area contributed by atoms with E-state index in [0.717, 1.165) is 32.7 Å². The third-order valence-electron chi connectivity index (χ3n) is 3.91. The van der Waals surface area contributed by atoms with E-state index in [1.54, 1.807) is 18.3 Å². The van der Waals surface area contributed by atoms with Crippen LogP contribution in [0, 0.1) is 6.92 Å². The monoisotopic (exact) mass is 324 g/mol. The van der Waals surface area contributed by atoms with Crippen molar-refractivity contribution in [2.24, 2.45) is 0 Å². The summed E-state index contributed by atoms with van der Waals surface area (Å²) >= 11 is 1.66. The number of nitrogens with zero attached hydrogens (tertiary/aromatic N) is 2. The number of urea groups is 1. The Kier molecular flexibility index (Phi) is 6.21. The van der Waals surface area contributed by atoms with E-state index >= 15 is 0 Å². The molecule has 2 heterocycles. The van der Waals surface area contributed by atoms with Gasteiger partial charge in [-0.2, -0.15) is 0 Å². The molecule has 0 bridgehead atoms. The molecule has 0 unspecified atom stereocenters. The van der Waals surface area contributed by atoms with Gasteiger partial charge in [0.1, 0.15) is 0 Å². The SMILES string of the molecule is CC(=O)N1CCN(CCNC(=O)NCc2sccc2C)CC1. The van der Waals surface area contributed by atoms with Crippen LogP contribution >= 0.6 is 11.3 Å². The first kappa shape index (κ1) is 16.8. The number of piperazine rings is 1. The van der Waals surface area contributed by atoms with Crippen LogP contribution in [-0.2, 0) is 11.3 Å². The molecule has 7 heteroatoms. The molecular weight excluding hydrogens is 300 g/mol. The molecule has 1 aromatic rings. The van der Waals surface area contributed by atoms with Crippen LogP contribution in [-0.4, -0.2) is 61.0 Å². The van der Waals surface area contributed by atoms with Crippen molar-refractivity contribution >= 4 is 23.3 Å². The predicted octanol–water partition coefficient (Wildman–Crippen LogP) is 1.02. The van der Waals surface area contributed by atoms with Crippen molar-refractivity contribution < 1.29 is 9.59 Å². The van der Waals surface area contributed by atoms with Gasteiger partial charge in [0.05, 0.1) is 6.54 Å². The van der Waals surface area contributed by atoms with E-state index in [0.29, 0.717) is 13.1 Å². The molecule has 1 aliphatic rings. The van der Waals surface area contributed by atoms with Gasteiger partial charge in [-0.3, -0.25) is 9.69 Å². The smallest absolute Gasteiger partial charge is 0.315 e. The minimum Gasteiger partial charge on any atom is -0.340 e. The van der Waals surface area contributed by atoms with Gasteiger partial charge in [0.25, 0.3) is 0 Å². The molecule has 1 saturated heterocycles. The number of nitrogens with one attached hydrogen (secondary N) is 2. The van der Waals surface area contributed by atoms with E-state index in [2.05, 4.69) is 21.6 Å². The van der Waals surface area contributed by atoms with E-state index in [4.69, 9.17) is 0 Å². The Morgan fingerprint density at radius 2 is 1.95 bits per heavy atom. The van der Waals surface area contributed by atoms with Gasteiger partial charge >= 0.3 is 6.03 Å². The van der Waals surface area contributed by atoms with Crippen LogP contribution in [0.25, 0.3) is 0 Å². The van der Waals surface area contributed by atoms with Crippen LogP contribution in [0.2, 0.25) is 0 Å². The van der Waals surface area contributed by atoms with Gasteiger partial charge in [-0.25, -0.2) is 4.79 Å². The van der Waals surface area contributed by atoms with Crippen LogP contribution in [0.1, 0.15) is 17.4 Å². The lowest BCUT2D eigenvalue weighted by molar-refractivity contribution is -0.130. The van der Waals surface area contributed by atoms with Crippen molar-refractivity contribution in [3.63, 3.8) is 0 Å². The van der Waals surface area contributed by atoms with Gasteiger partial charge in [0, 0.05) is 51.1 Å². The number of carbonyl (C=O) groups is 2. The molecule has 2 rings (SSSR count). The van der Waals surface area contributed by atoms with Crippen LogP contribution in [0.4, 0.5) is 4.79 Å². The first-order valence-electron chi connectivity index (χ1n) is 7.59. The molecule has 0 aliphatic carbocycles. The second-order valence-electron chi connectivity index (χ2n) is 5.48. The van der Waals surface area contributed by atoms with E-state index in [9.17, 15) is 9.59 Å². The molecule has 0 aromatic carbocycles. The number of hydrogen-bond acceptors (Lipinski definition) is 4. The van der Waals surface area contributed by atoms with E-state index in [1.165, 1.54) is 10.4 Å². The third kappa shape index (κ3) is 4.99. The number of thiophene rings is 1. The fraction of sp³-hybridized carbons (Fsp3) is 0.600. The molecule has 1 aliphatic heterocycles. The van der Waals surface area contributed by atoms with E-state index < -0.39 is 0 Å². The summed E-state index contributed by atoms with van der Waals surface area (Å²) in [7, 11) is 0. The van der Waals surface area contributed by atoms with Gasteiger partial charge in [-0.05, 0) is 23.9 Å². The Balaban J connectivity index is 1.58. The van der Waals surface area contributed by atoms with Crippen molar-refractivity contribution in [1.82, 2.24) is 20.4 Å². The molecule has 6 nitrogen and oxygen atoms in total. The molecule has 3 amide bonds. The van der Waals surface area contributed by atoms with Crippen molar-refractivity contribution in [2.75, 3.05) is 39.3 Å². The quantitative estimate of drug-likeness (QED) is 0.850. The lowest BCUT2D eigenvalue weighted by atomic mass is 10.3. The van der Waals surface area contributed by atoms with Gasteiger partial charge in [0.15, 0.2) is 0 Å². The van der Waals surface area contributed by atoms with Gasteiger partial charge in [-0.1, -0.05) is 0 Å². The standard InChI is InChI=1S/C15H24N4O2S/c1-12-3-10-22-14(12)11-17-15(21)16-4-5-18-6-8-19(9-7-18)13(2)20/h3,10H,4-9,11H2,1-2H3,(H2,16,17,21). The fourth-order valence-corrected chi connectivity index (χ4v) is 3.27. The summed E-state index contributed by atoms with van der Waals surface area (Å²) in [5.74, 6) is 0.140. The van der Waals surface area contributed by atoms with Crippen LogP contribution in [0.15, 0.2) is 11.4 Å². The minimum atomic E-state index is -0.129. The number of rotatable bonds is 5. The minimum absolute atomic E-state index is 0.129. The summed E-state index contributed by atoms with van der Waals surface area (Å²) in [6.07, 6.45) is 0. The molecular formula is C15H24N4O2S. The molecule has 1 aromatic heterocycles. The van der Waals surface area contributed by atoms with Crippen molar-refractivity contribution in [3.05, 3.63) is 21.9 Å². The highest BCUT2D eigenvalue weighted by molar-refractivity contribution is 7.10. The predicted molar refractivity (Wildman–Crippen MR) is 88.0 cm³/mol. The first-order valence-corrected chi connectivity index (χ1v) is 8.47. The lowest BCUT2D eigenvalue weighted by Crippen LogP contribution is -2.50. The normalized spacial score (nSPS) is 15.6. The third-order valence-corrected chi connectivity index (χ3v) is 4.93. The average Bonchev–Trinajstić information content (AvgIpc) is 2.91. The molecule has 122 valence electrons. The van der Waals surface area contributed by atoms with Gasteiger partial charge < -0.3 is 15.5 Å². The van der Waals surface area contributed by atoms with Gasteiger partial charge in [0.2, 0.25) is 5.91 Å². The summed E-state index contributed by atoms with van der Waals surface area (Å²) < 4.78 is 0. The maximum absolute atomic E-state index is 11.7. The molecule has 0 radical (unpaired) electrons. The fourth-order valence-electron chi connectivity index (χ4n) is 2.42. The number of aryl methyl sites for hydroxylation is 1. The molecule has 0 atom stereocenters. The molecule has 0 saturated carbocycles. The summed E-state index contributed by atoms with van der Waals surface area (Å²) in [5.41, 5.74) is 1.22. The molecule has 22 heavy (non-hydrogen) atoms. The zero-order valence-electron chi connectivity index (χ0n) is 13.2. The van der Waals surface area contributed by atoms with Gasteiger partial charge in [-0.15, -0.1) is 11.3 Å². The summed E-state index contributed by atoms with van der Waals surface area (Å²) in [6, 6.07) is 1.93. The van der Waals surface area contributed by atoms with Crippen molar-refractivity contribution in [3.8, 4) is 0 Å². The largest absolute Gasteiger partial charge is 0.340 e. The Morgan fingerprint density at radius 1 is 1.23 bits per heavy atom. The Bertz CT molecular complexity index is 509. The first-order chi connectivity index (χ1) is 10.6. The summed E-state index contributed by atoms with van der Waals surface area (Å²) in [5, 5.41) is 7.79. The van der Waals surface area contributed by atoms with Crippen LogP contribution in [0.5, 0.6) is 0 Å². The van der Waals surface area contributed by atoms with Crippen molar-refractivity contribution in [1.29, 1.82) is 0 Å². The summed E-state index contributed by atoms with van der Waals surface area (Å²) in [6.45, 7) is 8.97. The average molecular weight is 324 g/mol. The number of amides is 3. The second-order valence-corrected chi connectivity index (χ2v) is 6.48. The highest BCUT2D eigenvalue weighted by atomic mass is 32.1. The number of hydrogen-bond donors (Lipinski definition) is 2. The Morgan fingerprint density at radius 3 is 2.55 bits per heavy atom. The van der Waals surface area contributed by atoms with Crippen LogP contribution in [0.3, 0.4) is 0 Å². The second kappa shape index (κ2) is 8.14. The highest BCUT2D eigenvalue weighted by Crippen LogP contribution is 2.14. The topological polar surface area (TPSA) is 64.7 Å². The zero-order valence-corrected chi connectivity index (χ0v) is 14.0. The van der Waals surface area contributed by atoms with E-state index in [1.807, 2.05) is 17.2 Å². The zero-order chi connectivity index (χ0) is 15.9. The Hall–Kier alpha value is -1.60. The highest BCUT2D eigenvalue weighted by Gasteiger charge is 2.17.